The number of hydrogen-bond donors (Lipinski definition) is 6. The van der Waals surface area contributed by atoms with E-state index in [-0.39, 0.29) is 11.2 Å². The Hall–Kier alpha value is -2.78. The molecule has 7 atom stereocenters. The van der Waals surface area contributed by atoms with Crippen molar-refractivity contribution in [3.05, 3.63) is 59.2 Å². The van der Waals surface area contributed by atoms with Gasteiger partial charge in [0.1, 0.15) is 47.8 Å². The molecule has 196 valence electrons. The van der Waals surface area contributed by atoms with Crippen LogP contribution in [0.15, 0.2) is 48.5 Å². The molecule has 3 heterocycles. The fraction of sp³-hybridized carbons (Fsp3) is 0.375. The van der Waals surface area contributed by atoms with Crippen molar-refractivity contribution in [3.63, 3.8) is 0 Å². The first-order valence-corrected chi connectivity index (χ1v) is 11.9. The molecule has 4 aromatic rings. The Morgan fingerprint density at radius 1 is 0.973 bits per heavy atom. The molecule has 1 aliphatic heterocycles. The number of aliphatic hydroxyl groups is 6. The summed E-state index contributed by atoms with van der Waals surface area (Å²) < 4.78 is 12.8. The minimum atomic E-state index is -1.73. The number of halogens is 1. The molecule has 6 N–H and O–H groups in total. The number of aliphatic hydroxyl groups excluding tert-OH is 6. The zero-order chi connectivity index (χ0) is 26.3. The van der Waals surface area contributed by atoms with E-state index in [1.807, 2.05) is 6.07 Å². The van der Waals surface area contributed by atoms with Gasteiger partial charge in [0, 0.05) is 5.02 Å². The Morgan fingerprint density at radius 2 is 1.73 bits per heavy atom. The maximum Gasteiger partial charge on any atom is 0.187 e. The van der Waals surface area contributed by atoms with Crippen LogP contribution in [-0.2, 0) is 9.47 Å². The highest BCUT2D eigenvalue weighted by Crippen LogP contribution is 2.33. The quantitative estimate of drug-likeness (QED) is 0.186. The molecule has 5 rings (SSSR count). The molecular formula is C24H25ClN4O8. The maximum atomic E-state index is 10.7. The van der Waals surface area contributed by atoms with Crippen molar-refractivity contribution >= 4 is 33.8 Å². The van der Waals surface area contributed by atoms with Gasteiger partial charge in [-0.05, 0) is 30.3 Å². The second-order valence-electron chi connectivity index (χ2n) is 8.67. The zero-order valence-corrected chi connectivity index (χ0v) is 20.0. The second kappa shape index (κ2) is 10.5. The molecule has 2 aromatic heterocycles. The topological polar surface area (TPSA) is 183 Å². The highest BCUT2D eigenvalue weighted by molar-refractivity contribution is 6.31. The minimum absolute atomic E-state index is 0.0710. The first kappa shape index (κ1) is 25.9. The Labute approximate surface area is 214 Å². The van der Waals surface area contributed by atoms with Crippen molar-refractivity contribution in [1.29, 1.82) is 0 Å². The molecule has 37 heavy (non-hydrogen) atoms. The molecule has 1 aliphatic rings. The largest absolute Gasteiger partial charge is 0.394 e. The van der Waals surface area contributed by atoms with E-state index in [2.05, 4.69) is 15.1 Å². The number of aromatic nitrogens is 4. The average molecular weight is 533 g/mol. The molecule has 1 saturated heterocycles. The molecule has 0 amide bonds. The molecule has 2 aromatic carbocycles. The van der Waals surface area contributed by atoms with E-state index >= 15 is 0 Å². The summed E-state index contributed by atoms with van der Waals surface area (Å²) in [5.74, 6) is 0. The van der Waals surface area contributed by atoms with Crippen LogP contribution in [0.1, 0.15) is 11.8 Å². The number of para-hydroxylation sites is 1. The summed E-state index contributed by atoms with van der Waals surface area (Å²) in [4.78, 5) is 9.34. The van der Waals surface area contributed by atoms with Crippen LogP contribution in [0.2, 0.25) is 5.02 Å². The standard InChI is InChI=1S/C24H25ClN4O8/c25-11-6-7-13-14(8-11)27-23-18(26-13)17(28-29(23)12-4-2-1-3-5-12)22(15(32)9-30)37-24-21(35)20(34)19(33)16(10-31)36-24/h1-8,15-16,19-22,24,30-35H,9-10H2/t15-,16-,19+,20+,21+,22-,24+/m0/s1. The molecule has 0 unspecified atom stereocenters. The van der Waals surface area contributed by atoms with E-state index in [1.165, 1.54) is 4.68 Å². The van der Waals surface area contributed by atoms with Crippen molar-refractivity contribution in [2.45, 2.75) is 42.9 Å². The molecule has 12 nitrogen and oxygen atoms in total. The molecule has 0 saturated carbocycles. The van der Waals surface area contributed by atoms with Crippen molar-refractivity contribution in [2.75, 3.05) is 13.2 Å². The molecule has 0 bridgehead atoms. The van der Waals surface area contributed by atoms with Crippen molar-refractivity contribution in [2.24, 2.45) is 0 Å². The SMILES string of the molecule is OC[C@@H]1O[C@H](O[C@H](c2nn(-c3ccccc3)c3nc4cc(Cl)ccc4nc23)[C@@H](O)CO)[C@H](O)[C@H](O)[C@@H]1O. The van der Waals surface area contributed by atoms with Crippen molar-refractivity contribution in [3.8, 4) is 5.69 Å². The van der Waals surface area contributed by atoms with Crippen LogP contribution >= 0.6 is 11.6 Å². The van der Waals surface area contributed by atoms with Crippen molar-refractivity contribution < 1.29 is 40.1 Å². The number of fused-ring (bicyclic) bond motifs is 2. The highest BCUT2D eigenvalue weighted by Gasteiger charge is 2.46. The third kappa shape index (κ3) is 4.79. The molecule has 13 heteroatoms. The average Bonchev–Trinajstić information content (AvgIpc) is 3.28. The minimum Gasteiger partial charge on any atom is -0.394 e. The van der Waals surface area contributed by atoms with Crippen LogP contribution in [0.5, 0.6) is 0 Å². The molecule has 0 spiro atoms. The van der Waals surface area contributed by atoms with Gasteiger partial charge in [-0.15, -0.1) is 0 Å². The number of nitrogens with zero attached hydrogens (tertiary/aromatic N) is 4. The van der Waals surface area contributed by atoms with Crippen LogP contribution in [0.3, 0.4) is 0 Å². The molecule has 0 aliphatic carbocycles. The zero-order valence-electron chi connectivity index (χ0n) is 19.2. The Morgan fingerprint density at radius 3 is 2.43 bits per heavy atom. The van der Waals surface area contributed by atoms with E-state index in [0.29, 0.717) is 27.4 Å². The number of hydrogen-bond acceptors (Lipinski definition) is 11. The van der Waals surface area contributed by atoms with E-state index in [4.69, 9.17) is 21.1 Å². The van der Waals surface area contributed by atoms with Gasteiger partial charge in [-0.1, -0.05) is 29.8 Å². The predicted octanol–water partition coefficient (Wildman–Crippen LogP) is -0.167. The Balaban J connectivity index is 1.65. The van der Waals surface area contributed by atoms with E-state index in [9.17, 15) is 30.6 Å². The van der Waals surface area contributed by atoms with Gasteiger partial charge in [0.05, 0.1) is 29.9 Å². The fourth-order valence-corrected chi connectivity index (χ4v) is 4.40. The van der Waals surface area contributed by atoms with Gasteiger partial charge in [0.15, 0.2) is 11.9 Å². The second-order valence-corrected chi connectivity index (χ2v) is 9.10. The van der Waals surface area contributed by atoms with Crippen LogP contribution in [-0.4, -0.2) is 100 Å². The lowest BCUT2D eigenvalue weighted by atomic mass is 9.99. The molecule has 1 fully saturated rings. The van der Waals surface area contributed by atoms with Gasteiger partial charge in [-0.2, -0.15) is 5.10 Å². The Kier molecular flexibility index (Phi) is 7.36. The van der Waals surface area contributed by atoms with E-state index in [1.54, 1.807) is 42.5 Å². The highest BCUT2D eigenvalue weighted by atomic mass is 35.5. The van der Waals surface area contributed by atoms with Gasteiger partial charge >= 0.3 is 0 Å². The first-order chi connectivity index (χ1) is 17.8. The van der Waals surface area contributed by atoms with Crippen LogP contribution < -0.4 is 0 Å². The predicted molar refractivity (Wildman–Crippen MR) is 130 cm³/mol. The summed E-state index contributed by atoms with van der Waals surface area (Å²) in [5, 5.41) is 65.9. The smallest absolute Gasteiger partial charge is 0.187 e. The van der Waals surface area contributed by atoms with Crippen molar-refractivity contribution in [1.82, 2.24) is 19.7 Å². The molecular weight excluding hydrogens is 508 g/mol. The summed E-state index contributed by atoms with van der Waals surface area (Å²) in [6.07, 6.45) is -10.8. The van der Waals surface area contributed by atoms with Gasteiger partial charge < -0.3 is 40.1 Å². The van der Waals surface area contributed by atoms with Gasteiger partial charge in [0.2, 0.25) is 0 Å². The normalized spacial score (nSPS) is 26.0. The van der Waals surface area contributed by atoms with E-state index < -0.39 is 56.1 Å². The summed E-state index contributed by atoms with van der Waals surface area (Å²) in [6, 6.07) is 14.0. The maximum absolute atomic E-state index is 10.7. The summed E-state index contributed by atoms with van der Waals surface area (Å²) in [7, 11) is 0. The Bertz CT molecular complexity index is 1390. The van der Waals surface area contributed by atoms with E-state index in [0.717, 1.165) is 0 Å². The fourth-order valence-electron chi connectivity index (χ4n) is 4.24. The van der Waals surface area contributed by atoms with Crippen LogP contribution in [0, 0.1) is 0 Å². The first-order valence-electron chi connectivity index (χ1n) is 11.5. The monoisotopic (exact) mass is 532 g/mol. The van der Waals surface area contributed by atoms with Crippen LogP contribution in [0.25, 0.3) is 27.9 Å². The molecule has 0 radical (unpaired) electrons. The number of rotatable bonds is 7. The summed E-state index contributed by atoms with van der Waals surface area (Å²) in [5.41, 5.74) is 2.22. The third-order valence-electron chi connectivity index (χ3n) is 6.19. The lowest BCUT2D eigenvalue weighted by molar-refractivity contribution is -0.319. The lowest BCUT2D eigenvalue weighted by Crippen LogP contribution is -2.59. The summed E-state index contributed by atoms with van der Waals surface area (Å²) in [6.45, 7) is -1.41. The summed E-state index contributed by atoms with van der Waals surface area (Å²) >= 11 is 6.15. The lowest BCUT2D eigenvalue weighted by Gasteiger charge is -2.41. The van der Waals surface area contributed by atoms with Gasteiger partial charge in [-0.3, -0.25) is 0 Å². The number of benzene rings is 2. The van der Waals surface area contributed by atoms with Crippen LogP contribution in [0.4, 0.5) is 0 Å². The van der Waals surface area contributed by atoms with Gasteiger partial charge in [-0.25, -0.2) is 14.6 Å². The van der Waals surface area contributed by atoms with Gasteiger partial charge in [0.25, 0.3) is 0 Å². The number of ether oxygens (including phenoxy) is 2. The third-order valence-corrected chi connectivity index (χ3v) is 6.43.